The third-order valence-electron chi connectivity index (χ3n) is 17.2. The number of hydrogen-bond acceptors (Lipinski definition) is 17. The number of alkyl carbamates (subject to hydrolysis) is 1. The summed E-state index contributed by atoms with van der Waals surface area (Å²) in [7, 11) is 6.04. The zero-order valence-electron chi connectivity index (χ0n) is 49.1. The maximum atomic E-state index is 14.5. The number of carbonyl (C=O) groups excluding carboxylic acids is 8. The number of aliphatic hydroxyl groups is 1. The Morgan fingerprint density at radius 2 is 1.70 bits per heavy atom. The number of halogens is 1. The van der Waals surface area contributed by atoms with Crippen molar-refractivity contribution < 1.29 is 76.6 Å². The Balaban J connectivity index is 0.888. The zero-order chi connectivity index (χ0) is 60.3. The maximum absolute atomic E-state index is 14.5. The average molecular weight is 1200 g/mol. The third kappa shape index (κ3) is 16.5. The number of carbonyl (C=O) groups is 8. The number of aryl methyl sites for hydroxylation is 1. The highest BCUT2D eigenvalue weighted by Crippen LogP contribution is 2.61. The van der Waals surface area contributed by atoms with Gasteiger partial charge in [-0.2, -0.15) is 0 Å². The van der Waals surface area contributed by atoms with Crippen LogP contribution in [-0.2, 0) is 58.9 Å². The van der Waals surface area contributed by atoms with Crippen molar-refractivity contribution in [1.82, 2.24) is 20.4 Å². The van der Waals surface area contributed by atoms with Crippen molar-refractivity contribution in [3.05, 3.63) is 64.7 Å². The van der Waals surface area contributed by atoms with Gasteiger partial charge in [-0.25, -0.2) is 14.4 Å². The van der Waals surface area contributed by atoms with Crippen LogP contribution in [0.1, 0.15) is 103 Å². The number of thioether (sulfide) groups is 1. The summed E-state index contributed by atoms with van der Waals surface area (Å²) in [5.74, 6) is -1.94. The van der Waals surface area contributed by atoms with Crippen LogP contribution in [0, 0.1) is 41.9 Å². The smallest absolute Gasteiger partial charge is 0.495 e. The molecule has 3 N–H and O–H groups in total. The van der Waals surface area contributed by atoms with Crippen LogP contribution in [0.2, 0.25) is 5.02 Å². The van der Waals surface area contributed by atoms with E-state index in [0.717, 1.165) is 11.1 Å². The van der Waals surface area contributed by atoms with E-state index in [2.05, 4.69) is 17.6 Å². The Hall–Kier alpha value is -5.94. The number of ether oxygens (including phenoxy) is 7. The van der Waals surface area contributed by atoms with Gasteiger partial charge in [0.2, 0.25) is 29.5 Å². The molecule has 1 unspecified atom stereocenters. The van der Waals surface area contributed by atoms with Gasteiger partial charge in [-0.1, -0.05) is 62.2 Å². The topological polar surface area (TPSA) is 255 Å². The molecule has 2 saturated carbocycles. The van der Waals surface area contributed by atoms with E-state index in [1.807, 2.05) is 51.1 Å². The number of anilines is 1. The van der Waals surface area contributed by atoms with Crippen LogP contribution in [0.4, 0.5) is 15.3 Å². The number of esters is 1. The normalized spacial score (nSPS) is 29.1. The first-order chi connectivity index (χ1) is 39.4. The first-order valence-electron chi connectivity index (χ1n) is 28.7. The maximum Gasteiger partial charge on any atom is 0.513 e. The molecular weight excluding hydrogens is 1110 g/mol. The lowest BCUT2D eigenvalue weighted by Crippen LogP contribution is -2.63. The third-order valence-corrected chi connectivity index (χ3v) is 18.8. The van der Waals surface area contributed by atoms with Gasteiger partial charge in [0.05, 0.1) is 37.7 Å². The van der Waals surface area contributed by atoms with Gasteiger partial charge in [0, 0.05) is 70.6 Å². The molecule has 5 aliphatic rings. The molecule has 7 rings (SSSR count). The van der Waals surface area contributed by atoms with E-state index >= 15 is 0 Å². The van der Waals surface area contributed by atoms with E-state index in [1.54, 1.807) is 25.3 Å². The molecule has 456 valence electrons. The van der Waals surface area contributed by atoms with Crippen LogP contribution in [0.15, 0.2) is 48.6 Å². The second-order valence-electron chi connectivity index (χ2n) is 23.2. The highest BCUT2D eigenvalue weighted by molar-refractivity contribution is 8.00. The van der Waals surface area contributed by atoms with Gasteiger partial charge in [-0.05, 0) is 112 Å². The lowest BCUT2D eigenvalue weighted by atomic mass is 9.81. The summed E-state index contributed by atoms with van der Waals surface area (Å²) in [6.45, 7) is 10.2. The van der Waals surface area contributed by atoms with Crippen LogP contribution in [0.25, 0.3) is 0 Å². The summed E-state index contributed by atoms with van der Waals surface area (Å²) < 4.78 is 39.1. The molecule has 4 bridgehead atoms. The molecule has 2 saturated heterocycles. The molecule has 0 spiro atoms. The van der Waals surface area contributed by atoms with Gasteiger partial charge in [0.1, 0.15) is 47.5 Å². The van der Waals surface area contributed by atoms with Crippen LogP contribution in [-0.4, -0.2) is 165 Å². The van der Waals surface area contributed by atoms with Gasteiger partial charge < -0.3 is 53.4 Å². The minimum Gasteiger partial charge on any atom is -0.495 e. The van der Waals surface area contributed by atoms with Crippen LogP contribution in [0.5, 0.6) is 11.5 Å². The Bertz CT molecular complexity index is 2710. The minimum atomic E-state index is -1.80. The zero-order valence-corrected chi connectivity index (χ0v) is 50.7. The number of imide groups is 1. The van der Waals surface area contributed by atoms with E-state index in [1.165, 1.54) is 54.7 Å². The summed E-state index contributed by atoms with van der Waals surface area (Å²) in [5.41, 5.74) is -0.313. The molecule has 3 heterocycles. The fourth-order valence-corrected chi connectivity index (χ4v) is 13.1. The molecule has 21 nitrogen and oxygen atoms in total. The molecule has 6 amide bonds. The summed E-state index contributed by atoms with van der Waals surface area (Å²) in [4.78, 5) is 111. The molecule has 10 atom stereocenters. The van der Waals surface area contributed by atoms with E-state index in [-0.39, 0.29) is 117 Å². The molecular formula is C60H82ClN5O16S. The molecule has 2 aliphatic carbocycles. The Labute approximate surface area is 495 Å². The van der Waals surface area contributed by atoms with Crippen molar-refractivity contribution in [3.8, 4) is 11.5 Å². The number of nitrogens with zero attached hydrogens (tertiary/aromatic N) is 3. The summed E-state index contributed by atoms with van der Waals surface area (Å²) in [5, 5.41) is 17.0. The van der Waals surface area contributed by atoms with Crippen molar-refractivity contribution in [1.29, 1.82) is 0 Å². The Morgan fingerprint density at radius 3 is 2.40 bits per heavy atom. The summed E-state index contributed by atoms with van der Waals surface area (Å²) in [6.07, 6.45) is 3.22. The van der Waals surface area contributed by atoms with Gasteiger partial charge in [0.15, 0.2) is 5.72 Å². The number of methoxy groups -OCH3 is 2. The fourth-order valence-electron chi connectivity index (χ4n) is 11.7. The van der Waals surface area contributed by atoms with Gasteiger partial charge in [-0.15, -0.1) is 11.8 Å². The van der Waals surface area contributed by atoms with Crippen LogP contribution in [0.3, 0.4) is 0 Å². The van der Waals surface area contributed by atoms with E-state index < -0.39 is 70.8 Å². The van der Waals surface area contributed by atoms with Crippen molar-refractivity contribution in [2.75, 3.05) is 71.9 Å². The largest absolute Gasteiger partial charge is 0.513 e. The highest BCUT2D eigenvalue weighted by Gasteiger charge is 2.62. The number of amides is 6. The van der Waals surface area contributed by atoms with Gasteiger partial charge in [-0.3, -0.25) is 34.2 Å². The standard InChI is InChI=1S/C60H82ClN5O16S/c1-35-13-19-42(20-14-35)80-58(74)79-25-24-78-23-22-62-54(70)41-17-15-39(16-18-41)34-66-52(69)30-47(55(66)71)83-26-21-50(67)64(6)38(4)56(72)82-49-31-51(68)65(7)44-28-40(29-45(76-8)53(44)61)27-36(2)11-10-12-48(77-9)60(75)33-46(81-57(73)63-60)37(3)43-32-59(43,49)5/h10,12-14,19-20,28-29,36-39,41,43,46-49,75H,11,15-18,21-27,30-34H2,1-9H3,(H,62,70)(H,63,73)/b12-10+/t36?,37-,38-,39?,41?,43-,46-,47-,48+,49-,59+,60-/m0/s1. The number of likely N-dealkylation sites (tertiary alicyclic amines) is 1. The molecule has 0 aromatic heterocycles. The highest BCUT2D eigenvalue weighted by atomic mass is 35.5. The van der Waals surface area contributed by atoms with Crippen molar-refractivity contribution >= 4 is 76.8 Å². The number of fused-ring (bicyclic) bond motifs is 5. The summed E-state index contributed by atoms with van der Waals surface area (Å²) in [6, 6.07) is 9.56. The SMILES string of the molecule is COc1cc2cc(c1Cl)N(C)C(=O)C[C@H](OC(=O)[C@H](C)N(C)C(=O)CCS[C@H]1CC(=O)N(CC3CCC(C(=O)NCCOCCOC(=O)Oc4ccc(C)cc4)CC3)C1=O)[C@]1(C)C[C@H]1[C@H](C)[C@@H]1C[C@@](O)(NC(=O)O1)[C@H](OC)/C=C/CC(C)C2. The summed E-state index contributed by atoms with van der Waals surface area (Å²) >= 11 is 8.09. The average Bonchev–Trinajstić information content (AvgIpc) is 1.92. The molecule has 4 fully saturated rings. The predicted molar refractivity (Wildman–Crippen MR) is 309 cm³/mol. The Kier molecular flexibility index (Phi) is 22.4. The monoisotopic (exact) mass is 1200 g/mol. The van der Waals surface area contributed by atoms with Crippen LogP contribution >= 0.6 is 23.4 Å². The molecule has 2 aromatic carbocycles. The van der Waals surface area contributed by atoms with E-state index in [9.17, 15) is 43.5 Å². The number of hydrogen-bond donors (Lipinski definition) is 3. The van der Waals surface area contributed by atoms with Crippen molar-refractivity contribution in [3.63, 3.8) is 0 Å². The fraction of sp³-hybridized carbons (Fsp3) is 0.633. The number of allylic oxidation sites excluding steroid dienone is 1. The minimum absolute atomic E-state index is 0.00371. The molecule has 0 radical (unpaired) electrons. The molecule has 3 aliphatic heterocycles. The first-order valence-corrected chi connectivity index (χ1v) is 30.1. The van der Waals surface area contributed by atoms with Gasteiger partial charge >= 0.3 is 18.2 Å². The quantitative estimate of drug-likeness (QED) is 0.0314. The van der Waals surface area contributed by atoms with E-state index in [4.69, 9.17) is 44.8 Å². The number of rotatable bonds is 19. The Morgan fingerprint density at radius 1 is 0.976 bits per heavy atom. The molecule has 83 heavy (non-hydrogen) atoms. The predicted octanol–water partition coefficient (Wildman–Crippen LogP) is 7.18. The lowest BCUT2D eigenvalue weighted by molar-refractivity contribution is -0.163. The molecule has 23 heteroatoms. The van der Waals surface area contributed by atoms with E-state index in [0.29, 0.717) is 62.1 Å². The first kappa shape index (κ1) is 64.6. The lowest BCUT2D eigenvalue weighted by Gasteiger charge is -2.42. The van der Waals surface area contributed by atoms with Gasteiger partial charge in [0.25, 0.3) is 0 Å². The number of likely N-dealkylation sites (N-methyl/N-ethyl adjacent to an activating group) is 1. The second-order valence-corrected chi connectivity index (χ2v) is 24.9. The second kappa shape index (κ2) is 28.8. The number of nitrogens with one attached hydrogen (secondary N) is 2. The van der Waals surface area contributed by atoms with Crippen molar-refractivity contribution in [2.24, 2.45) is 35.0 Å². The van der Waals surface area contributed by atoms with Crippen molar-refractivity contribution in [2.45, 2.75) is 141 Å². The number of benzene rings is 2. The molecule has 2 aromatic rings. The van der Waals surface area contributed by atoms with Crippen LogP contribution < -0.4 is 25.0 Å².